The molecule has 1 aromatic carbocycles. The maximum Gasteiger partial charge on any atom is 0.328 e. The van der Waals surface area contributed by atoms with Crippen molar-refractivity contribution in [3.63, 3.8) is 0 Å². The summed E-state index contributed by atoms with van der Waals surface area (Å²) in [6.07, 6.45) is 0.455. The number of carbonyl (C=O) groups is 3. The summed E-state index contributed by atoms with van der Waals surface area (Å²) in [7, 11) is 1.27. The third-order valence-corrected chi connectivity index (χ3v) is 3.39. The second kappa shape index (κ2) is 10.3. The van der Waals surface area contributed by atoms with Gasteiger partial charge in [-0.05, 0) is 31.4 Å². The Balaban J connectivity index is 2.48. The lowest BCUT2D eigenvalue weighted by Gasteiger charge is -2.21. The molecule has 0 heterocycles. The zero-order valence-electron chi connectivity index (χ0n) is 15.1. The third kappa shape index (κ3) is 7.69. The van der Waals surface area contributed by atoms with Gasteiger partial charge in [0.1, 0.15) is 17.8 Å². The first-order valence-electron chi connectivity index (χ1n) is 8.19. The highest BCUT2D eigenvalue weighted by Gasteiger charge is 2.25. The molecule has 0 radical (unpaired) electrons. The summed E-state index contributed by atoms with van der Waals surface area (Å²) in [6.45, 7) is 5.22. The minimum Gasteiger partial charge on any atom is -0.484 e. The van der Waals surface area contributed by atoms with Gasteiger partial charge in [0.25, 0.3) is 5.91 Å². The fourth-order valence-corrected chi connectivity index (χ4v) is 2.14. The lowest BCUT2D eigenvalue weighted by atomic mass is 10.0. The average molecular weight is 350 g/mol. The van der Waals surface area contributed by atoms with Crippen molar-refractivity contribution in [2.45, 2.75) is 39.3 Å². The molecule has 0 aromatic heterocycles. The van der Waals surface area contributed by atoms with Crippen molar-refractivity contribution in [3.05, 3.63) is 30.3 Å². The van der Waals surface area contributed by atoms with Gasteiger partial charge in [-0.2, -0.15) is 0 Å². The predicted octanol–water partition coefficient (Wildman–Crippen LogP) is 1.27. The molecule has 25 heavy (non-hydrogen) atoms. The number of esters is 1. The Bertz CT molecular complexity index is 574. The number of amides is 2. The Labute approximate surface area is 148 Å². The summed E-state index contributed by atoms with van der Waals surface area (Å²) in [5.74, 6) is -0.618. The second-order valence-electron chi connectivity index (χ2n) is 6.10. The molecular weight excluding hydrogens is 324 g/mol. The summed E-state index contributed by atoms with van der Waals surface area (Å²) >= 11 is 0. The number of para-hydroxylation sites is 1. The van der Waals surface area contributed by atoms with Gasteiger partial charge in [-0.1, -0.05) is 32.0 Å². The van der Waals surface area contributed by atoms with Crippen molar-refractivity contribution in [1.82, 2.24) is 10.6 Å². The van der Waals surface area contributed by atoms with E-state index in [9.17, 15) is 14.4 Å². The Kier molecular flexibility index (Phi) is 8.46. The molecule has 2 amide bonds. The smallest absolute Gasteiger partial charge is 0.328 e. The van der Waals surface area contributed by atoms with Gasteiger partial charge in [0, 0.05) is 0 Å². The first-order valence-corrected chi connectivity index (χ1v) is 8.19. The van der Waals surface area contributed by atoms with Crippen molar-refractivity contribution in [2.75, 3.05) is 13.7 Å². The number of methoxy groups -OCH3 is 1. The zero-order valence-corrected chi connectivity index (χ0v) is 15.1. The van der Waals surface area contributed by atoms with E-state index in [4.69, 9.17) is 9.47 Å². The maximum atomic E-state index is 12.2. The van der Waals surface area contributed by atoms with Crippen molar-refractivity contribution >= 4 is 17.8 Å². The minimum absolute atomic E-state index is 0.200. The standard InChI is InChI=1S/C18H26N2O5/c1-12(2)10-15(18(23)24-4)20-17(22)13(3)19-16(21)11-25-14-8-6-5-7-9-14/h5-9,12-13,15H,10-11H2,1-4H3,(H,19,21)(H,20,22)/t13-,15+/m1/s1. The van der Waals surface area contributed by atoms with Crippen LogP contribution in [0.1, 0.15) is 27.2 Å². The summed E-state index contributed by atoms with van der Waals surface area (Å²) in [5.41, 5.74) is 0. The van der Waals surface area contributed by atoms with Crippen LogP contribution in [0.4, 0.5) is 0 Å². The lowest BCUT2D eigenvalue weighted by Crippen LogP contribution is -2.51. The summed E-state index contributed by atoms with van der Waals surface area (Å²) < 4.78 is 10.0. The second-order valence-corrected chi connectivity index (χ2v) is 6.10. The predicted molar refractivity (Wildman–Crippen MR) is 92.9 cm³/mol. The van der Waals surface area contributed by atoms with E-state index in [1.807, 2.05) is 19.9 Å². The van der Waals surface area contributed by atoms with Gasteiger partial charge < -0.3 is 20.1 Å². The molecule has 0 aliphatic rings. The maximum absolute atomic E-state index is 12.2. The molecule has 0 saturated heterocycles. The molecule has 1 aromatic rings. The van der Waals surface area contributed by atoms with Crippen LogP contribution in [0.2, 0.25) is 0 Å². The van der Waals surface area contributed by atoms with Crippen LogP contribution in [0, 0.1) is 5.92 Å². The van der Waals surface area contributed by atoms with E-state index in [1.165, 1.54) is 7.11 Å². The zero-order chi connectivity index (χ0) is 18.8. The SMILES string of the molecule is COC(=O)[C@H](CC(C)C)NC(=O)[C@@H](C)NC(=O)COc1ccccc1. The Morgan fingerprint density at radius 2 is 1.68 bits per heavy atom. The number of benzene rings is 1. The van der Waals surface area contributed by atoms with E-state index in [0.717, 1.165) is 0 Å². The molecule has 0 aliphatic carbocycles. The van der Waals surface area contributed by atoms with Crippen LogP contribution in [0.5, 0.6) is 5.75 Å². The highest BCUT2D eigenvalue weighted by molar-refractivity contribution is 5.90. The molecule has 2 N–H and O–H groups in total. The molecule has 138 valence electrons. The molecule has 7 heteroatoms. The number of ether oxygens (including phenoxy) is 2. The molecular formula is C18H26N2O5. The van der Waals surface area contributed by atoms with E-state index in [-0.39, 0.29) is 12.5 Å². The molecule has 0 aliphatic heterocycles. The van der Waals surface area contributed by atoms with Crippen LogP contribution in [0.25, 0.3) is 0 Å². The molecule has 2 atom stereocenters. The molecule has 0 unspecified atom stereocenters. The minimum atomic E-state index is -0.800. The fourth-order valence-electron chi connectivity index (χ4n) is 2.14. The highest BCUT2D eigenvalue weighted by atomic mass is 16.5. The number of rotatable bonds is 9. The van der Waals surface area contributed by atoms with E-state index in [1.54, 1.807) is 31.2 Å². The van der Waals surface area contributed by atoms with Crippen molar-refractivity contribution in [3.8, 4) is 5.75 Å². The van der Waals surface area contributed by atoms with Gasteiger partial charge >= 0.3 is 5.97 Å². The van der Waals surface area contributed by atoms with Gasteiger partial charge in [-0.15, -0.1) is 0 Å². The Hall–Kier alpha value is -2.57. The van der Waals surface area contributed by atoms with E-state index in [2.05, 4.69) is 10.6 Å². The molecule has 0 fully saturated rings. The van der Waals surface area contributed by atoms with Gasteiger partial charge in [0.2, 0.25) is 5.91 Å². The molecule has 7 nitrogen and oxygen atoms in total. The summed E-state index contributed by atoms with van der Waals surface area (Å²) in [5, 5.41) is 5.15. The van der Waals surface area contributed by atoms with Crippen molar-refractivity contribution in [2.24, 2.45) is 5.92 Å². The van der Waals surface area contributed by atoms with Crippen LogP contribution >= 0.6 is 0 Å². The van der Waals surface area contributed by atoms with Gasteiger partial charge in [0.15, 0.2) is 6.61 Å². The van der Waals surface area contributed by atoms with E-state index >= 15 is 0 Å². The quantitative estimate of drug-likeness (QED) is 0.654. The third-order valence-electron chi connectivity index (χ3n) is 3.39. The fraction of sp³-hybridized carbons (Fsp3) is 0.500. The number of nitrogens with one attached hydrogen (secondary N) is 2. The van der Waals surface area contributed by atoms with Gasteiger partial charge in [-0.25, -0.2) is 4.79 Å². The first-order chi connectivity index (χ1) is 11.8. The summed E-state index contributed by atoms with van der Waals surface area (Å²) in [4.78, 5) is 35.8. The highest BCUT2D eigenvalue weighted by Crippen LogP contribution is 2.08. The van der Waals surface area contributed by atoms with Crippen LogP contribution in [-0.2, 0) is 19.1 Å². The molecule has 1 rings (SSSR count). The molecule has 0 bridgehead atoms. The van der Waals surface area contributed by atoms with Crippen LogP contribution < -0.4 is 15.4 Å². The Morgan fingerprint density at radius 1 is 1.04 bits per heavy atom. The van der Waals surface area contributed by atoms with Crippen LogP contribution in [-0.4, -0.2) is 43.6 Å². The van der Waals surface area contributed by atoms with Crippen LogP contribution in [0.15, 0.2) is 30.3 Å². The van der Waals surface area contributed by atoms with E-state index in [0.29, 0.717) is 12.2 Å². The Morgan fingerprint density at radius 3 is 2.24 bits per heavy atom. The monoisotopic (exact) mass is 350 g/mol. The lowest BCUT2D eigenvalue weighted by molar-refractivity contribution is -0.145. The molecule has 0 spiro atoms. The normalized spacial score (nSPS) is 12.8. The van der Waals surface area contributed by atoms with Crippen molar-refractivity contribution in [1.29, 1.82) is 0 Å². The number of hydrogen-bond donors (Lipinski definition) is 2. The molecule has 0 saturated carbocycles. The average Bonchev–Trinajstić information content (AvgIpc) is 2.59. The van der Waals surface area contributed by atoms with Crippen molar-refractivity contribution < 1.29 is 23.9 Å². The number of hydrogen-bond acceptors (Lipinski definition) is 5. The van der Waals surface area contributed by atoms with E-state index < -0.39 is 29.9 Å². The van der Waals surface area contributed by atoms with Gasteiger partial charge in [-0.3, -0.25) is 9.59 Å². The topological polar surface area (TPSA) is 93.7 Å². The first kappa shape index (κ1) is 20.5. The largest absolute Gasteiger partial charge is 0.484 e. The van der Waals surface area contributed by atoms with Gasteiger partial charge in [0.05, 0.1) is 7.11 Å². The summed E-state index contributed by atoms with van der Waals surface area (Å²) in [6, 6.07) is 7.36. The van der Waals surface area contributed by atoms with Crippen LogP contribution in [0.3, 0.4) is 0 Å². The number of carbonyl (C=O) groups excluding carboxylic acids is 3.